The highest BCUT2D eigenvalue weighted by molar-refractivity contribution is 5.94. The van der Waals surface area contributed by atoms with Gasteiger partial charge in [0.2, 0.25) is 0 Å². The van der Waals surface area contributed by atoms with E-state index in [2.05, 4.69) is 29.4 Å². The Morgan fingerprint density at radius 3 is 2.42 bits per heavy atom. The van der Waals surface area contributed by atoms with Gasteiger partial charge in [0.15, 0.2) is 0 Å². The molecule has 0 radical (unpaired) electrons. The fourth-order valence-electron chi connectivity index (χ4n) is 2.27. The first-order chi connectivity index (χ1) is 10.7. The average molecular weight is 370 g/mol. The highest BCUT2D eigenvalue weighted by Gasteiger charge is 2.05. The van der Waals surface area contributed by atoms with Gasteiger partial charge in [0.1, 0.15) is 0 Å². The summed E-state index contributed by atoms with van der Waals surface area (Å²) in [7, 11) is 2.08. The lowest BCUT2D eigenvalue weighted by Gasteiger charge is -2.19. The predicted molar refractivity (Wildman–Crippen MR) is 107 cm³/mol. The van der Waals surface area contributed by atoms with Crippen molar-refractivity contribution >= 4 is 42.1 Å². The Morgan fingerprint density at radius 2 is 1.75 bits per heavy atom. The predicted octanol–water partition coefficient (Wildman–Crippen LogP) is 3.76. The maximum atomic E-state index is 11.9. The molecule has 0 heterocycles. The highest BCUT2D eigenvalue weighted by atomic mass is 35.5. The van der Waals surface area contributed by atoms with Gasteiger partial charge in [-0.2, -0.15) is 0 Å². The average Bonchev–Trinajstić information content (AvgIpc) is 2.55. The van der Waals surface area contributed by atoms with Crippen molar-refractivity contribution in [2.24, 2.45) is 0 Å². The second-order valence-corrected chi connectivity index (χ2v) is 5.35. The fraction of sp³-hybridized carbons (Fsp3) is 0.278. The number of amides is 1. The molecule has 2 rings (SSSR count). The van der Waals surface area contributed by atoms with Crippen molar-refractivity contribution in [3.8, 4) is 0 Å². The molecule has 4 nitrogen and oxygen atoms in total. The molecule has 2 aromatic rings. The number of nitrogens with one attached hydrogen (secondary N) is 1. The number of nitrogens with zero attached hydrogens (tertiary/aromatic N) is 1. The number of anilines is 2. The third-order valence-corrected chi connectivity index (χ3v) is 3.55. The number of carbonyl (C=O) groups excluding carboxylic acids is 1. The molecule has 0 bridgehead atoms. The molecule has 2 aromatic carbocycles. The Kier molecular flexibility index (Phi) is 10.7. The zero-order valence-corrected chi connectivity index (χ0v) is 15.4. The van der Waals surface area contributed by atoms with Crippen molar-refractivity contribution in [2.45, 2.75) is 12.8 Å². The Labute approximate surface area is 156 Å². The van der Waals surface area contributed by atoms with Crippen LogP contribution >= 0.6 is 24.8 Å². The van der Waals surface area contributed by atoms with E-state index >= 15 is 0 Å². The zero-order chi connectivity index (χ0) is 15.8. The highest BCUT2D eigenvalue weighted by Crippen LogP contribution is 2.11. The van der Waals surface area contributed by atoms with Gasteiger partial charge < -0.3 is 16.0 Å². The van der Waals surface area contributed by atoms with E-state index in [9.17, 15) is 4.79 Å². The van der Waals surface area contributed by atoms with Crippen molar-refractivity contribution in [3.63, 3.8) is 0 Å². The lowest BCUT2D eigenvalue weighted by molar-refractivity contribution is 0.0953. The van der Waals surface area contributed by atoms with E-state index in [1.165, 1.54) is 5.69 Å². The first kappa shape index (κ1) is 22.1. The summed E-state index contributed by atoms with van der Waals surface area (Å²) >= 11 is 0. The Bertz CT molecular complexity index is 608. The molecule has 0 saturated carbocycles. The summed E-state index contributed by atoms with van der Waals surface area (Å²) in [5.74, 6) is -0.0660. The third-order valence-electron chi connectivity index (χ3n) is 3.55. The van der Waals surface area contributed by atoms with Gasteiger partial charge in [0.25, 0.3) is 5.91 Å². The number of nitrogen functional groups attached to an aromatic ring is 1. The van der Waals surface area contributed by atoms with E-state index in [-0.39, 0.29) is 30.7 Å². The Hall–Kier alpha value is -1.91. The van der Waals surface area contributed by atoms with Crippen LogP contribution in [0.4, 0.5) is 11.4 Å². The van der Waals surface area contributed by atoms with Crippen molar-refractivity contribution in [1.29, 1.82) is 0 Å². The van der Waals surface area contributed by atoms with E-state index in [4.69, 9.17) is 5.73 Å². The molecule has 0 aromatic heterocycles. The van der Waals surface area contributed by atoms with Crippen LogP contribution in [-0.2, 0) is 0 Å². The summed E-state index contributed by atoms with van der Waals surface area (Å²) in [6, 6.07) is 17.3. The molecule has 1 amide bonds. The third kappa shape index (κ3) is 7.11. The van der Waals surface area contributed by atoms with Crippen LogP contribution in [0.15, 0.2) is 54.6 Å². The summed E-state index contributed by atoms with van der Waals surface area (Å²) in [4.78, 5) is 14.2. The lowest BCUT2D eigenvalue weighted by Crippen LogP contribution is -2.25. The van der Waals surface area contributed by atoms with Crippen LogP contribution in [-0.4, -0.2) is 26.0 Å². The van der Waals surface area contributed by atoms with Crippen molar-refractivity contribution in [1.82, 2.24) is 5.32 Å². The molecule has 0 aliphatic carbocycles. The van der Waals surface area contributed by atoms with Gasteiger partial charge in [0, 0.05) is 37.1 Å². The molecule has 24 heavy (non-hydrogen) atoms. The molecular weight excluding hydrogens is 345 g/mol. The van der Waals surface area contributed by atoms with Crippen molar-refractivity contribution < 1.29 is 4.79 Å². The quantitative estimate of drug-likeness (QED) is 0.576. The number of unbranched alkanes of at least 4 members (excludes halogenated alkanes) is 1. The number of benzene rings is 2. The van der Waals surface area contributed by atoms with Crippen LogP contribution in [0.3, 0.4) is 0 Å². The SMILES string of the molecule is CN(CCCCNC(=O)c1cccc(N)c1)c1ccccc1.Cl.Cl. The largest absolute Gasteiger partial charge is 0.399 e. The zero-order valence-electron chi connectivity index (χ0n) is 13.8. The van der Waals surface area contributed by atoms with Gasteiger partial charge in [0.05, 0.1) is 0 Å². The summed E-state index contributed by atoms with van der Waals surface area (Å²) in [5, 5.41) is 2.93. The topological polar surface area (TPSA) is 58.4 Å². The van der Waals surface area contributed by atoms with Crippen LogP contribution in [0, 0.1) is 0 Å². The number of halogens is 2. The number of hydrogen-bond donors (Lipinski definition) is 2. The Morgan fingerprint density at radius 1 is 1.04 bits per heavy atom. The second kappa shape index (κ2) is 11.6. The van der Waals surface area contributed by atoms with Crippen LogP contribution in [0.2, 0.25) is 0 Å². The molecule has 0 saturated heterocycles. The minimum Gasteiger partial charge on any atom is -0.399 e. The normalized spacial score (nSPS) is 9.38. The maximum Gasteiger partial charge on any atom is 0.251 e. The van der Waals surface area contributed by atoms with Gasteiger partial charge >= 0.3 is 0 Å². The smallest absolute Gasteiger partial charge is 0.251 e. The van der Waals surface area contributed by atoms with E-state index < -0.39 is 0 Å². The van der Waals surface area contributed by atoms with Crippen LogP contribution in [0.5, 0.6) is 0 Å². The molecule has 0 atom stereocenters. The molecule has 0 aliphatic rings. The molecule has 0 aliphatic heterocycles. The lowest BCUT2D eigenvalue weighted by atomic mass is 10.2. The monoisotopic (exact) mass is 369 g/mol. The van der Waals surface area contributed by atoms with Gasteiger partial charge in [-0.05, 0) is 43.2 Å². The van der Waals surface area contributed by atoms with Crippen molar-refractivity contribution in [2.75, 3.05) is 30.8 Å². The summed E-state index contributed by atoms with van der Waals surface area (Å²) in [5.41, 5.74) is 8.11. The molecule has 132 valence electrons. The van der Waals surface area contributed by atoms with E-state index in [1.54, 1.807) is 24.3 Å². The molecule has 0 spiro atoms. The fourth-order valence-corrected chi connectivity index (χ4v) is 2.27. The molecule has 0 fully saturated rings. The Balaban J connectivity index is 0.00000264. The summed E-state index contributed by atoms with van der Waals surface area (Å²) in [6.07, 6.45) is 1.98. The maximum absolute atomic E-state index is 11.9. The van der Waals surface area contributed by atoms with Crippen molar-refractivity contribution in [3.05, 3.63) is 60.2 Å². The van der Waals surface area contributed by atoms with Crippen LogP contribution < -0.4 is 16.0 Å². The summed E-state index contributed by atoms with van der Waals surface area (Å²) in [6.45, 7) is 1.65. The van der Waals surface area contributed by atoms with Crippen LogP contribution in [0.25, 0.3) is 0 Å². The standard InChI is InChI=1S/C18H23N3O.2ClH/c1-21(17-10-3-2-4-11-17)13-6-5-12-20-18(22)15-8-7-9-16(19)14-15;;/h2-4,7-11,14H,5-6,12-13,19H2,1H3,(H,20,22);2*1H. The molecule has 6 heteroatoms. The van der Waals surface area contributed by atoms with E-state index in [1.807, 2.05) is 18.2 Å². The van der Waals surface area contributed by atoms with Gasteiger partial charge in [-0.25, -0.2) is 0 Å². The number of rotatable bonds is 7. The minimum absolute atomic E-state index is 0. The first-order valence-electron chi connectivity index (χ1n) is 7.57. The minimum atomic E-state index is -0.0660. The second-order valence-electron chi connectivity index (χ2n) is 5.35. The molecular formula is C18H25Cl2N3O. The van der Waals surface area contributed by atoms with E-state index in [0.29, 0.717) is 17.8 Å². The van der Waals surface area contributed by atoms with Gasteiger partial charge in [-0.1, -0.05) is 24.3 Å². The van der Waals surface area contributed by atoms with Crippen LogP contribution in [0.1, 0.15) is 23.2 Å². The number of carbonyl (C=O) groups is 1. The van der Waals surface area contributed by atoms with Gasteiger partial charge in [-0.15, -0.1) is 24.8 Å². The van der Waals surface area contributed by atoms with Gasteiger partial charge in [-0.3, -0.25) is 4.79 Å². The number of hydrogen-bond acceptors (Lipinski definition) is 3. The van der Waals surface area contributed by atoms with E-state index in [0.717, 1.165) is 19.4 Å². The number of nitrogens with two attached hydrogens (primary N) is 1. The summed E-state index contributed by atoms with van der Waals surface area (Å²) < 4.78 is 0. The first-order valence-corrected chi connectivity index (χ1v) is 7.57. The molecule has 3 N–H and O–H groups in total. The number of para-hydroxylation sites is 1. The molecule has 0 unspecified atom stereocenters.